The molecule has 2 aliphatic heterocycles. The first-order valence-corrected chi connectivity index (χ1v) is 15.1. The molecule has 0 radical (unpaired) electrons. The predicted octanol–water partition coefficient (Wildman–Crippen LogP) is 4.32. The van der Waals surface area contributed by atoms with Gasteiger partial charge in [-0.1, -0.05) is 56.5 Å². The summed E-state index contributed by atoms with van der Waals surface area (Å²) in [6.07, 6.45) is 9.31. The van der Waals surface area contributed by atoms with E-state index in [1.807, 2.05) is 28.0 Å². The Morgan fingerprint density at radius 3 is 2.05 bits per heavy atom. The maximum atomic E-state index is 13.2. The van der Waals surface area contributed by atoms with Gasteiger partial charge in [0.15, 0.2) is 0 Å². The van der Waals surface area contributed by atoms with Crippen molar-refractivity contribution in [2.45, 2.75) is 95.7 Å². The Bertz CT molecular complexity index is 836. The van der Waals surface area contributed by atoms with Gasteiger partial charge in [-0.15, -0.1) is 0 Å². The molecule has 0 aliphatic carbocycles. The van der Waals surface area contributed by atoms with E-state index in [0.717, 1.165) is 90.6 Å². The van der Waals surface area contributed by atoms with Crippen molar-refractivity contribution >= 4 is 11.8 Å². The van der Waals surface area contributed by atoms with Crippen molar-refractivity contribution in [1.82, 2.24) is 19.6 Å². The van der Waals surface area contributed by atoms with Gasteiger partial charge in [-0.2, -0.15) is 0 Å². The molecule has 1 aromatic carbocycles. The molecule has 2 saturated heterocycles. The average molecular weight is 529 g/mol. The molecular formula is C31H52N4O3. The zero-order valence-corrected chi connectivity index (χ0v) is 24.2. The lowest BCUT2D eigenvalue weighted by atomic mass is 9.98. The summed E-state index contributed by atoms with van der Waals surface area (Å²) in [5.41, 5.74) is 1.21. The fourth-order valence-corrected chi connectivity index (χ4v) is 6.00. The van der Waals surface area contributed by atoms with Gasteiger partial charge in [0.2, 0.25) is 11.8 Å². The molecule has 0 bridgehead atoms. The van der Waals surface area contributed by atoms with Crippen LogP contribution in [-0.4, -0.2) is 102 Å². The van der Waals surface area contributed by atoms with Crippen LogP contribution >= 0.6 is 0 Å². The Balaban J connectivity index is 1.45. The molecule has 2 fully saturated rings. The molecule has 214 valence electrons. The first kappa shape index (κ1) is 30.6. The van der Waals surface area contributed by atoms with E-state index in [2.05, 4.69) is 43.0 Å². The highest BCUT2D eigenvalue weighted by molar-refractivity contribution is 5.77. The van der Waals surface area contributed by atoms with Crippen LogP contribution in [0.2, 0.25) is 0 Å². The summed E-state index contributed by atoms with van der Waals surface area (Å²) in [5.74, 6) is 0.439. The van der Waals surface area contributed by atoms with Gasteiger partial charge in [0, 0.05) is 57.6 Å². The van der Waals surface area contributed by atoms with Gasteiger partial charge in [0.05, 0.1) is 6.10 Å². The normalized spacial score (nSPS) is 23.6. The van der Waals surface area contributed by atoms with Crippen molar-refractivity contribution in [1.29, 1.82) is 0 Å². The highest BCUT2D eigenvalue weighted by atomic mass is 16.3. The first-order valence-electron chi connectivity index (χ1n) is 15.1. The third kappa shape index (κ3) is 9.65. The summed E-state index contributed by atoms with van der Waals surface area (Å²) in [5, 5.41) is 10.5. The third-order valence-corrected chi connectivity index (χ3v) is 8.49. The van der Waals surface area contributed by atoms with Gasteiger partial charge >= 0.3 is 0 Å². The van der Waals surface area contributed by atoms with E-state index in [0.29, 0.717) is 19.3 Å². The number of aliphatic hydroxyl groups excluding tert-OH is 1. The van der Waals surface area contributed by atoms with Gasteiger partial charge in [0.25, 0.3) is 0 Å². The fourth-order valence-electron chi connectivity index (χ4n) is 6.00. The number of hydrogen-bond acceptors (Lipinski definition) is 5. The Hall–Kier alpha value is -1.96. The highest BCUT2D eigenvalue weighted by Gasteiger charge is 2.28. The fraction of sp³-hybridized carbons (Fsp3) is 0.742. The van der Waals surface area contributed by atoms with Crippen LogP contribution in [0.3, 0.4) is 0 Å². The Morgan fingerprint density at radius 2 is 1.42 bits per heavy atom. The molecule has 2 aliphatic rings. The van der Waals surface area contributed by atoms with Crippen molar-refractivity contribution in [2.75, 3.05) is 53.4 Å². The minimum Gasteiger partial charge on any atom is -0.393 e. The standard InChI is InChI=1S/C31H52N4O3/c1-4-5-7-16-28(36)23-27-24-30(37)34(21-12-17-32(27)2)19-10-11-20-35-22-13-18-33(3)29(25-31(35)38)26-14-8-6-9-15-26/h6,8-9,14-15,27-29,36H,4-5,7,10-13,16-25H2,1-3H3/t27-,28+,29-/m0/s1. The number of amides is 2. The van der Waals surface area contributed by atoms with Gasteiger partial charge in [-0.25, -0.2) is 0 Å². The predicted molar refractivity (Wildman–Crippen MR) is 154 cm³/mol. The van der Waals surface area contributed by atoms with Crippen LogP contribution in [0.15, 0.2) is 30.3 Å². The summed E-state index contributed by atoms with van der Waals surface area (Å²) >= 11 is 0. The summed E-state index contributed by atoms with van der Waals surface area (Å²) in [7, 11) is 4.21. The Kier molecular flexibility index (Phi) is 13.0. The molecule has 0 aromatic heterocycles. The molecule has 3 atom stereocenters. The van der Waals surface area contributed by atoms with Crippen molar-refractivity contribution in [3.8, 4) is 0 Å². The molecule has 0 unspecified atom stereocenters. The molecule has 0 spiro atoms. The van der Waals surface area contributed by atoms with E-state index in [-0.39, 0.29) is 30.0 Å². The number of hydrogen-bond donors (Lipinski definition) is 1. The van der Waals surface area contributed by atoms with Gasteiger partial charge in [-0.3, -0.25) is 14.5 Å². The second kappa shape index (κ2) is 16.2. The first-order chi connectivity index (χ1) is 18.4. The second-order valence-electron chi connectivity index (χ2n) is 11.5. The number of carbonyl (C=O) groups excluding carboxylic acids is 2. The number of unbranched alkanes of at least 4 members (excludes halogenated alkanes) is 3. The monoisotopic (exact) mass is 528 g/mol. The van der Waals surface area contributed by atoms with Crippen LogP contribution in [-0.2, 0) is 9.59 Å². The van der Waals surface area contributed by atoms with Crippen molar-refractivity contribution in [3.63, 3.8) is 0 Å². The highest BCUT2D eigenvalue weighted by Crippen LogP contribution is 2.26. The third-order valence-electron chi connectivity index (χ3n) is 8.49. The summed E-state index contributed by atoms with van der Waals surface area (Å²) in [6.45, 7) is 7.23. The molecule has 2 heterocycles. The minimum absolute atomic E-state index is 0.108. The van der Waals surface area contributed by atoms with Gasteiger partial charge in [-0.05, 0) is 64.7 Å². The lowest BCUT2D eigenvalue weighted by molar-refractivity contribution is -0.135. The largest absolute Gasteiger partial charge is 0.393 e. The zero-order chi connectivity index (χ0) is 27.3. The van der Waals surface area contributed by atoms with Crippen LogP contribution in [0.25, 0.3) is 0 Å². The van der Waals surface area contributed by atoms with Gasteiger partial charge < -0.3 is 19.8 Å². The molecule has 1 N–H and O–H groups in total. The lowest BCUT2D eigenvalue weighted by Gasteiger charge is -2.35. The summed E-state index contributed by atoms with van der Waals surface area (Å²) < 4.78 is 0. The Morgan fingerprint density at radius 1 is 0.816 bits per heavy atom. The van der Waals surface area contributed by atoms with E-state index in [1.165, 1.54) is 5.56 Å². The molecule has 0 saturated carbocycles. The van der Waals surface area contributed by atoms with Crippen molar-refractivity contribution < 1.29 is 14.7 Å². The zero-order valence-electron chi connectivity index (χ0n) is 24.2. The van der Waals surface area contributed by atoms with Gasteiger partial charge in [0.1, 0.15) is 0 Å². The number of nitrogens with zero attached hydrogens (tertiary/aromatic N) is 4. The smallest absolute Gasteiger partial charge is 0.224 e. The lowest BCUT2D eigenvalue weighted by Crippen LogP contribution is -2.45. The molecule has 7 heteroatoms. The molecule has 1 aromatic rings. The molecule has 38 heavy (non-hydrogen) atoms. The van der Waals surface area contributed by atoms with E-state index in [1.54, 1.807) is 0 Å². The van der Waals surface area contributed by atoms with E-state index < -0.39 is 0 Å². The van der Waals surface area contributed by atoms with E-state index in [9.17, 15) is 14.7 Å². The van der Waals surface area contributed by atoms with E-state index >= 15 is 0 Å². The van der Waals surface area contributed by atoms with E-state index in [4.69, 9.17) is 0 Å². The molecular weight excluding hydrogens is 476 g/mol. The van der Waals surface area contributed by atoms with Crippen LogP contribution in [0.5, 0.6) is 0 Å². The topological polar surface area (TPSA) is 67.3 Å². The van der Waals surface area contributed by atoms with Crippen LogP contribution < -0.4 is 0 Å². The van der Waals surface area contributed by atoms with Crippen LogP contribution in [0.1, 0.15) is 89.2 Å². The quantitative estimate of drug-likeness (QED) is 0.410. The van der Waals surface area contributed by atoms with Crippen molar-refractivity contribution in [2.24, 2.45) is 0 Å². The minimum atomic E-state index is -0.327. The molecule has 3 rings (SSSR count). The van der Waals surface area contributed by atoms with Crippen LogP contribution in [0, 0.1) is 0 Å². The number of carbonyl (C=O) groups is 2. The van der Waals surface area contributed by atoms with Crippen molar-refractivity contribution in [3.05, 3.63) is 35.9 Å². The summed E-state index contributed by atoms with van der Waals surface area (Å²) in [4.78, 5) is 35.0. The average Bonchev–Trinajstić information content (AvgIpc) is 2.90. The maximum Gasteiger partial charge on any atom is 0.224 e. The molecule has 7 nitrogen and oxygen atoms in total. The number of aliphatic hydroxyl groups is 1. The Labute approximate surface area is 231 Å². The molecule has 2 amide bonds. The number of rotatable bonds is 12. The SMILES string of the molecule is CCCCC[C@@H](O)C[C@H]1CC(=O)N(CCCCN2CCCN(C)[C@H](c3ccccc3)CC2=O)CCCN1C. The number of benzene rings is 1. The second-order valence-corrected chi connectivity index (χ2v) is 11.5. The maximum absolute atomic E-state index is 13.2. The summed E-state index contributed by atoms with van der Waals surface area (Å²) in [6, 6.07) is 10.6. The van der Waals surface area contributed by atoms with Crippen LogP contribution in [0.4, 0.5) is 0 Å².